The molecule has 0 heterocycles. The maximum atomic E-state index is 13.9. The molecule has 0 radical (unpaired) electrons. The van der Waals surface area contributed by atoms with Crippen molar-refractivity contribution in [3.05, 3.63) is 29.6 Å². The van der Waals surface area contributed by atoms with Crippen molar-refractivity contribution in [1.29, 1.82) is 0 Å². The summed E-state index contributed by atoms with van der Waals surface area (Å²) in [7, 11) is 0. The highest BCUT2D eigenvalue weighted by atomic mass is 19.1. The van der Waals surface area contributed by atoms with E-state index in [0.29, 0.717) is 23.6 Å². The molecule has 0 aliphatic heterocycles. The van der Waals surface area contributed by atoms with Crippen LogP contribution >= 0.6 is 0 Å². The second kappa shape index (κ2) is 5.30. The number of aldehydes is 1. The first-order chi connectivity index (χ1) is 8.26. The van der Waals surface area contributed by atoms with Crippen LogP contribution < -0.4 is 4.90 Å². The monoisotopic (exact) mass is 235 g/mol. The van der Waals surface area contributed by atoms with E-state index in [1.165, 1.54) is 18.9 Å². The quantitative estimate of drug-likeness (QED) is 0.745. The minimum atomic E-state index is -0.289. The fourth-order valence-electron chi connectivity index (χ4n) is 2.67. The molecule has 1 fully saturated rings. The van der Waals surface area contributed by atoms with E-state index in [9.17, 15) is 9.18 Å². The maximum absolute atomic E-state index is 13.9. The van der Waals surface area contributed by atoms with Crippen molar-refractivity contribution in [3.63, 3.8) is 0 Å². The molecule has 0 N–H and O–H groups in total. The molecule has 0 spiro atoms. The van der Waals surface area contributed by atoms with Gasteiger partial charge in [-0.3, -0.25) is 4.79 Å². The van der Waals surface area contributed by atoms with Gasteiger partial charge in [0.2, 0.25) is 0 Å². The van der Waals surface area contributed by atoms with Crippen LogP contribution in [0.25, 0.3) is 0 Å². The van der Waals surface area contributed by atoms with Crippen LogP contribution in [0.5, 0.6) is 0 Å². The Labute approximate surface area is 101 Å². The lowest BCUT2D eigenvalue weighted by molar-refractivity contribution is 0.112. The van der Waals surface area contributed by atoms with E-state index in [-0.39, 0.29) is 5.82 Å². The fraction of sp³-hybridized carbons (Fsp3) is 0.500. The zero-order valence-electron chi connectivity index (χ0n) is 10.2. The first-order valence-corrected chi connectivity index (χ1v) is 6.27. The van der Waals surface area contributed by atoms with E-state index in [0.717, 1.165) is 19.4 Å². The van der Waals surface area contributed by atoms with Gasteiger partial charge in [0, 0.05) is 18.2 Å². The summed E-state index contributed by atoms with van der Waals surface area (Å²) < 4.78 is 13.9. The normalized spacial score (nSPS) is 16.1. The summed E-state index contributed by atoms with van der Waals surface area (Å²) in [5.41, 5.74) is 1.03. The molecular formula is C14H18FNO. The average Bonchev–Trinajstić information content (AvgIpc) is 2.85. The first-order valence-electron chi connectivity index (χ1n) is 6.27. The molecule has 92 valence electrons. The van der Waals surface area contributed by atoms with Crippen LogP contribution in [-0.2, 0) is 0 Å². The summed E-state index contributed by atoms with van der Waals surface area (Å²) in [6.07, 6.45) is 5.43. The van der Waals surface area contributed by atoms with Crippen LogP contribution in [0.4, 0.5) is 10.1 Å². The summed E-state index contributed by atoms with van der Waals surface area (Å²) in [4.78, 5) is 12.7. The second-order valence-electron chi connectivity index (χ2n) is 4.55. The molecule has 0 saturated heterocycles. The minimum Gasteiger partial charge on any atom is -0.366 e. The molecule has 1 aliphatic carbocycles. The molecular weight excluding hydrogens is 217 g/mol. The Morgan fingerprint density at radius 1 is 1.41 bits per heavy atom. The van der Waals surface area contributed by atoms with Gasteiger partial charge in [-0.15, -0.1) is 0 Å². The van der Waals surface area contributed by atoms with Gasteiger partial charge in [0.25, 0.3) is 0 Å². The van der Waals surface area contributed by atoms with E-state index in [4.69, 9.17) is 0 Å². The van der Waals surface area contributed by atoms with Crippen molar-refractivity contribution < 1.29 is 9.18 Å². The highest BCUT2D eigenvalue weighted by Gasteiger charge is 2.23. The predicted octanol–water partition coefficient (Wildman–Crippen LogP) is 3.41. The van der Waals surface area contributed by atoms with Gasteiger partial charge in [-0.2, -0.15) is 0 Å². The van der Waals surface area contributed by atoms with Crippen molar-refractivity contribution in [2.45, 2.75) is 38.6 Å². The zero-order chi connectivity index (χ0) is 12.3. The SMILES string of the molecule is CCN(c1ccc(C=O)cc1F)C1CCCC1. The van der Waals surface area contributed by atoms with Gasteiger partial charge in [-0.25, -0.2) is 4.39 Å². The number of hydrogen-bond donors (Lipinski definition) is 0. The lowest BCUT2D eigenvalue weighted by atomic mass is 10.1. The molecule has 0 bridgehead atoms. The third kappa shape index (κ3) is 2.48. The smallest absolute Gasteiger partial charge is 0.150 e. The van der Waals surface area contributed by atoms with E-state index in [2.05, 4.69) is 4.90 Å². The summed E-state index contributed by atoms with van der Waals surface area (Å²) in [6.45, 7) is 2.85. The predicted molar refractivity (Wildman–Crippen MR) is 67.1 cm³/mol. The van der Waals surface area contributed by atoms with Gasteiger partial charge in [-0.05, 0) is 38.0 Å². The standard InChI is InChI=1S/C14H18FNO/c1-2-16(12-5-3-4-6-12)14-8-7-11(10-17)9-13(14)15/h7-10,12H,2-6H2,1H3. The average molecular weight is 235 g/mol. The van der Waals surface area contributed by atoms with E-state index >= 15 is 0 Å². The molecule has 17 heavy (non-hydrogen) atoms. The molecule has 0 aromatic heterocycles. The molecule has 2 nitrogen and oxygen atoms in total. The number of nitrogens with zero attached hydrogens (tertiary/aromatic N) is 1. The molecule has 1 aromatic carbocycles. The lowest BCUT2D eigenvalue weighted by Crippen LogP contribution is -2.33. The second-order valence-corrected chi connectivity index (χ2v) is 4.55. The highest BCUT2D eigenvalue weighted by Crippen LogP contribution is 2.29. The topological polar surface area (TPSA) is 20.3 Å². The molecule has 1 saturated carbocycles. The molecule has 1 aromatic rings. The molecule has 0 unspecified atom stereocenters. The van der Waals surface area contributed by atoms with Gasteiger partial charge >= 0.3 is 0 Å². The van der Waals surface area contributed by atoms with Gasteiger partial charge in [-0.1, -0.05) is 12.8 Å². The number of halogens is 1. The summed E-state index contributed by atoms with van der Waals surface area (Å²) in [5, 5.41) is 0. The van der Waals surface area contributed by atoms with Crippen LogP contribution in [0.1, 0.15) is 43.0 Å². The summed E-state index contributed by atoms with van der Waals surface area (Å²) >= 11 is 0. The fourth-order valence-corrected chi connectivity index (χ4v) is 2.67. The van der Waals surface area contributed by atoms with E-state index in [1.807, 2.05) is 6.92 Å². The van der Waals surface area contributed by atoms with Crippen LogP contribution in [0.2, 0.25) is 0 Å². The van der Waals surface area contributed by atoms with Crippen LogP contribution in [0, 0.1) is 5.82 Å². The molecule has 3 heteroatoms. The lowest BCUT2D eigenvalue weighted by Gasteiger charge is -2.30. The summed E-state index contributed by atoms with van der Waals surface area (Å²) in [6, 6.07) is 5.18. The van der Waals surface area contributed by atoms with E-state index in [1.54, 1.807) is 12.1 Å². The number of carbonyl (C=O) groups is 1. The number of anilines is 1. The summed E-state index contributed by atoms with van der Waals surface area (Å²) in [5.74, 6) is -0.289. The van der Waals surface area contributed by atoms with Crippen molar-refractivity contribution in [2.24, 2.45) is 0 Å². The number of rotatable bonds is 4. The molecule has 1 aliphatic rings. The highest BCUT2D eigenvalue weighted by molar-refractivity contribution is 5.76. The van der Waals surface area contributed by atoms with Crippen molar-refractivity contribution >= 4 is 12.0 Å². The largest absolute Gasteiger partial charge is 0.366 e. The third-order valence-corrected chi connectivity index (χ3v) is 3.52. The molecule has 2 rings (SSSR count). The number of hydrogen-bond acceptors (Lipinski definition) is 2. The van der Waals surface area contributed by atoms with Crippen molar-refractivity contribution in [3.8, 4) is 0 Å². The number of benzene rings is 1. The Morgan fingerprint density at radius 3 is 2.65 bits per heavy atom. The van der Waals surface area contributed by atoms with Crippen molar-refractivity contribution in [1.82, 2.24) is 0 Å². The minimum absolute atomic E-state index is 0.289. The third-order valence-electron chi connectivity index (χ3n) is 3.52. The first kappa shape index (κ1) is 12.1. The van der Waals surface area contributed by atoms with E-state index < -0.39 is 0 Å². The zero-order valence-corrected chi connectivity index (χ0v) is 10.2. The van der Waals surface area contributed by atoms with Gasteiger partial charge in [0.05, 0.1) is 5.69 Å². The Hall–Kier alpha value is -1.38. The maximum Gasteiger partial charge on any atom is 0.150 e. The van der Waals surface area contributed by atoms with Gasteiger partial charge < -0.3 is 4.90 Å². The number of carbonyl (C=O) groups excluding carboxylic acids is 1. The van der Waals surface area contributed by atoms with Crippen molar-refractivity contribution in [2.75, 3.05) is 11.4 Å². The van der Waals surface area contributed by atoms with Gasteiger partial charge in [0.1, 0.15) is 12.1 Å². The Bertz CT molecular complexity index is 399. The Kier molecular flexibility index (Phi) is 3.77. The molecule has 0 amide bonds. The van der Waals surface area contributed by atoms with Crippen LogP contribution in [-0.4, -0.2) is 18.9 Å². The molecule has 0 atom stereocenters. The van der Waals surface area contributed by atoms with Crippen LogP contribution in [0.3, 0.4) is 0 Å². The Morgan fingerprint density at radius 2 is 2.12 bits per heavy atom. The Balaban J connectivity index is 2.26. The van der Waals surface area contributed by atoms with Gasteiger partial charge in [0.15, 0.2) is 0 Å². The van der Waals surface area contributed by atoms with Crippen LogP contribution in [0.15, 0.2) is 18.2 Å².